The van der Waals surface area contributed by atoms with Crippen LogP contribution in [0.15, 0.2) is 133 Å². The van der Waals surface area contributed by atoms with Crippen molar-refractivity contribution < 1.29 is 32.3 Å². The van der Waals surface area contributed by atoms with E-state index < -0.39 is 21.5 Å². The average Bonchev–Trinajstić information content (AvgIpc) is 3.12. The van der Waals surface area contributed by atoms with Gasteiger partial charge >= 0.3 is 0 Å². The summed E-state index contributed by atoms with van der Waals surface area (Å²) in [5.74, 6) is 1.34. The van der Waals surface area contributed by atoms with E-state index >= 15 is 0 Å². The maximum absolute atomic E-state index is 12.7. The van der Waals surface area contributed by atoms with Crippen molar-refractivity contribution in [2.45, 2.75) is 24.5 Å². The van der Waals surface area contributed by atoms with Gasteiger partial charge in [0.1, 0.15) is 36.6 Å². The van der Waals surface area contributed by atoms with Crippen LogP contribution in [0.2, 0.25) is 0 Å². The predicted molar refractivity (Wildman–Crippen MR) is 192 cm³/mol. The molecule has 0 aliphatic heterocycles. The van der Waals surface area contributed by atoms with Crippen LogP contribution in [0.4, 0.5) is 5.69 Å². The Balaban J connectivity index is 1.11. The molecule has 1 atom stereocenters. The number of aliphatic hydroxyl groups excluding tert-OH is 1. The molecular formula is C38H39N2O7PS. The fraction of sp³-hybridized carbons (Fsp3) is 0.211. The number of hydrogen-bond acceptors (Lipinski definition) is 8. The van der Waals surface area contributed by atoms with Gasteiger partial charge in [0.25, 0.3) is 0 Å². The molecule has 5 aromatic carbocycles. The van der Waals surface area contributed by atoms with Crippen molar-refractivity contribution in [1.82, 2.24) is 5.32 Å². The van der Waals surface area contributed by atoms with Crippen molar-refractivity contribution in [3.8, 4) is 17.2 Å². The van der Waals surface area contributed by atoms with Gasteiger partial charge in [-0.1, -0.05) is 103 Å². The molecule has 3 N–H and O–H groups in total. The van der Waals surface area contributed by atoms with Crippen LogP contribution in [0.5, 0.6) is 17.2 Å². The number of benzene rings is 5. The second kappa shape index (κ2) is 17.1. The normalized spacial score (nSPS) is 12.3. The van der Waals surface area contributed by atoms with E-state index in [9.17, 15) is 18.1 Å². The molecule has 0 amide bonds. The van der Waals surface area contributed by atoms with Gasteiger partial charge in [-0.25, -0.2) is 8.42 Å². The van der Waals surface area contributed by atoms with E-state index in [1.807, 2.05) is 115 Å². The first kappa shape index (κ1) is 35.6. The van der Waals surface area contributed by atoms with Crippen LogP contribution in [0, 0.1) is 0 Å². The summed E-state index contributed by atoms with van der Waals surface area (Å²) in [6, 6.07) is 41.1. The number of hydrogen-bond donors (Lipinski definition) is 3. The summed E-state index contributed by atoms with van der Waals surface area (Å²) in [5, 5.41) is 12.6. The smallest absolute Gasteiger partial charge is 0.238 e. The number of sulfonamides is 1. The SMILES string of the molecule is CS(=O)(=O)Nc1cc(OCC(O)CNCCc2ccc(OC(P=O)(c3ccccc3)c3ccccc3)cc2)ccc1OCc1ccccc1. The Bertz CT molecular complexity index is 1840. The fourth-order valence-electron chi connectivity index (χ4n) is 5.12. The third-order valence-electron chi connectivity index (χ3n) is 7.54. The summed E-state index contributed by atoms with van der Waals surface area (Å²) >= 11 is 0. The van der Waals surface area contributed by atoms with Crippen LogP contribution < -0.4 is 24.2 Å². The fourth-order valence-corrected chi connectivity index (χ4v) is 6.33. The van der Waals surface area contributed by atoms with Gasteiger partial charge < -0.3 is 24.6 Å². The van der Waals surface area contributed by atoms with Crippen LogP contribution in [0.3, 0.4) is 0 Å². The second-order valence-electron chi connectivity index (χ2n) is 11.4. The molecule has 0 bridgehead atoms. The molecule has 1 unspecified atom stereocenters. The molecule has 0 fully saturated rings. The summed E-state index contributed by atoms with van der Waals surface area (Å²) in [5.41, 5.74) is 3.82. The van der Waals surface area contributed by atoms with Gasteiger partial charge in [-0.2, -0.15) is 0 Å². The molecule has 0 saturated carbocycles. The molecule has 0 heterocycles. The van der Waals surface area contributed by atoms with Crippen molar-refractivity contribution >= 4 is 24.2 Å². The zero-order valence-electron chi connectivity index (χ0n) is 27.1. The van der Waals surface area contributed by atoms with Gasteiger partial charge in [0.05, 0.1) is 11.9 Å². The van der Waals surface area contributed by atoms with Crippen LogP contribution in [-0.2, 0) is 33.0 Å². The molecule has 49 heavy (non-hydrogen) atoms. The minimum atomic E-state index is -3.57. The third-order valence-corrected chi connectivity index (χ3v) is 9.00. The van der Waals surface area contributed by atoms with Crippen LogP contribution in [0.25, 0.3) is 0 Å². The first-order valence-corrected chi connectivity index (χ1v) is 18.5. The lowest BCUT2D eigenvalue weighted by Crippen LogP contribution is -2.32. The Hall–Kier alpha value is -4.73. The van der Waals surface area contributed by atoms with Crippen molar-refractivity contribution in [2.75, 3.05) is 30.7 Å². The molecule has 254 valence electrons. The molecule has 0 spiro atoms. The van der Waals surface area contributed by atoms with Gasteiger partial charge in [0, 0.05) is 23.7 Å². The van der Waals surface area contributed by atoms with Gasteiger partial charge in [-0.05, 0) is 48.4 Å². The van der Waals surface area contributed by atoms with Crippen LogP contribution >= 0.6 is 8.46 Å². The molecule has 9 nitrogen and oxygen atoms in total. The Morgan fingerprint density at radius 2 is 1.35 bits per heavy atom. The molecule has 5 rings (SSSR count). The standard InChI is InChI=1S/C38H39N2O7PS/c1-49(43,44)40-36-25-35(21-22-37(36)46-27-30-11-5-2-6-12-30)45-28-33(41)26-39-24-23-29-17-19-34(20-18-29)47-38(48-42,31-13-7-3-8-14-31)32-15-9-4-10-16-32/h2-22,25,33,39-41H,23-24,26-28H2,1H3. The number of rotatable bonds is 18. The first-order valence-electron chi connectivity index (χ1n) is 15.8. The van der Waals surface area contributed by atoms with E-state index in [2.05, 4.69) is 10.0 Å². The Morgan fingerprint density at radius 3 is 1.94 bits per heavy atom. The Labute approximate surface area is 289 Å². The van der Waals surface area contributed by atoms with Crippen LogP contribution in [-0.4, -0.2) is 45.6 Å². The van der Waals surface area contributed by atoms with E-state index in [4.69, 9.17) is 14.2 Å². The van der Waals surface area contributed by atoms with E-state index in [1.54, 1.807) is 12.1 Å². The quantitative estimate of drug-likeness (QED) is 0.0677. The highest BCUT2D eigenvalue weighted by atomic mass is 32.2. The minimum absolute atomic E-state index is 0.00516. The largest absolute Gasteiger partial charge is 0.491 e. The molecule has 0 saturated heterocycles. The number of anilines is 1. The zero-order valence-corrected chi connectivity index (χ0v) is 28.8. The van der Waals surface area contributed by atoms with Gasteiger partial charge in [-0.15, -0.1) is 0 Å². The Morgan fingerprint density at radius 1 is 0.755 bits per heavy atom. The van der Waals surface area contributed by atoms with Gasteiger partial charge in [0.2, 0.25) is 23.8 Å². The topological polar surface area (TPSA) is 123 Å². The summed E-state index contributed by atoms with van der Waals surface area (Å²) in [4.78, 5) is 0. The van der Waals surface area contributed by atoms with Crippen molar-refractivity contribution in [2.24, 2.45) is 0 Å². The highest BCUT2D eigenvalue weighted by Crippen LogP contribution is 2.43. The summed E-state index contributed by atoms with van der Waals surface area (Å²) in [7, 11) is -3.76. The van der Waals surface area contributed by atoms with E-state index in [1.165, 1.54) is 6.07 Å². The van der Waals surface area contributed by atoms with Crippen molar-refractivity contribution in [3.05, 3.63) is 156 Å². The molecular weight excluding hydrogens is 659 g/mol. The average molecular weight is 699 g/mol. The number of aliphatic hydroxyl groups is 1. The van der Waals surface area contributed by atoms with Crippen molar-refractivity contribution in [1.29, 1.82) is 0 Å². The molecule has 0 aliphatic carbocycles. The van der Waals surface area contributed by atoms with Gasteiger partial charge in [-0.3, -0.25) is 9.29 Å². The summed E-state index contributed by atoms with van der Waals surface area (Å²) in [6.07, 6.45) is 0.976. The molecule has 0 aliphatic rings. The van der Waals surface area contributed by atoms with Crippen LogP contribution in [0.1, 0.15) is 22.3 Å². The highest BCUT2D eigenvalue weighted by molar-refractivity contribution is 7.92. The number of ether oxygens (including phenoxy) is 3. The lowest BCUT2D eigenvalue weighted by Gasteiger charge is -2.29. The first-order chi connectivity index (χ1) is 23.7. The maximum atomic E-state index is 12.7. The second-order valence-corrected chi connectivity index (χ2v) is 14.0. The van der Waals surface area contributed by atoms with Crippen molar-refractivity contribution in [3.63, 3.8) is 0 Å². The Kier molecular flexibility index (Phi) is 12.4. The number of nitrogens with one attached hydrogen (secondary N) is 2. The molecule has 0 aromatic heterocycles. The summed E-state index contributed by atoms with van der Waals surface area (Å²) in [6.45, 7) is 1.19. The van der Waals surface area contributed by atoms with Gasteiger partial charge in [0.15, 0.2) is 0 Å². The molecule has 5 aromatic rings. The van der Waals surface area contributed by atoms with E-state index in [0.717, 1.165) is 28.5 Å². The minimum Gasteiger partial charge on any atom is -0.491 e. The monoisotopic (exact) mass is 698 g/mol. The third kappa shape index (κ3) is 10.4. The lowest BCUT2D eigenvalue weighted by atomic mass is 10.0. The summed E-state index contributed by atoms with van der Waals surface area (Å²) < 4.78 is 57.2. The zero-order chi connectivity index (χ0) is 34.5. The molecule has 11 heteroatoms. The van der Waals surface area contributed by atoms with E-state index in [-0.39, 0.29) is 27.4 Å². The lowest BCUT2D eigenvalue weighted by molar-refractivity contribution is 0.106. The molecule has 0 radical (unpaired) electrons. The predicted octanol–water partition coefficient (Wildman–Crippen LogP) is 6.78. The highest BCUT2D eigenvalue weighted by Gasteiger charge is 2.38. The maximum Gasteiger partial charge on any atom is 0.238 e. The van der Waals surface area contributed by atoms with E-state index in [0.29, 0.717) is 36.8 Å².